The van der Waals surface area contributed by atoms with Crippen LogP contribution < -0.4 is 0 Å². The lowest BCUT2D eigenvalue weighted by molar-refractivity contribution is -0.135. The van der Waals surface area contributed by atoms with Gasteiger partial charge in [0.1, 0.15) is 13.6 Å². The molecule has 17 heavy (non-hydrogen) atoms. The van der Waals surface area contributed by atoms with Crippen LogP contribution in [-0.2, 0) is 14.2 Å². The van der Waals surface area contributed by atoms with E-state index in [4.69, 9.17) is 14.2 Å². The van der Waals surface area contributed by atoms with Crippen molar-refractivity contribution in [2.45, 2.75) is 54.4 Å². The third kappa shape index (κ3) is 15.9. The van der Waals surface area contributed by atoms with Gasteiger partial charge in [-0.25, -0.2) is 0 Å². The van der Waals surface area contributed by atoms with Gasteiger partial charge in [-0.1, -0.05) is 41.5 Å². The molecule has 0 aliphatic rings. The van der Waals surface area contributed by atoms with Gasteiger partial charge in [-0.3, -0.25) is 0 Å². The monoisotopic (exact) mass is 246 g/mol. The third-order valence-corrected chi connectivity index (χ3v) is 2.33. The normalized spacial score (nSPS) is 13.1. The van der Waals surface area contributed by atoms with Crippen LogP contribution in [0.25, 0.3) is 0 Å². The van der Waals surface area contributed by atoms with E-state index in [1.807, 2.05) is 0 Å². The summed E-state index contributed by atoms with van der Waals surface area (Å²) in [6, 6.07) is 0. The van der Waals surface area contributed by atoms with Crippen LogP contribution in [0.2, 0.25) is 0 Å². The van der Waals surface area contributed by atoms with Crippen LogP contribution in [0, 0.1) is 10.8 Å². The first kappa shape index (κ1) is 16.9. The van der Waals surface area contributed by atoms with Gasteiger partial charge < -0.3 is 14.2 Å². The largest absolute Gasteiger partial charge is 0.355 e. The van der Waals surface area contributed by atoms with Crippen LogP contribution >= 0.6 is 0 Å². The maximum Gasteiger partial charge on any atom is 0.149 e. The molecule has 0 radical (unpaired) electrons. The SMILES string of the molecule is CC(C)(C)CCOCOCOCCC(C)(C)C. The second-order valence-corrected chi connectivity index (χ2v) is 6.88. The summed E-state index contributed by atoms with van der Waals surface area (Å²) in [7, 11) is 0. The predicted molar refractivity (Wildman–Crippen MR) is 70.9 cm³/mol. The van der Waals surface area contributed by atoms with E-state index in [9.17, 15) is 0 Å². The fourth-order valence-electron chi connectivity index (χ4n) is 1.03. The van der Waals surface area contributed by atoms with Gasteiger partial charge in [0, 0.05) is 13.2 Å². The molecule has 0 rings (SSSR count). The minimum absolute atomic E-state index is 0.323. The summed E-state index contributed by atoms with van der Waals surface area (Å²) in [6.07, 6.45) is 2.09. The Morgan fingerprint density at radius 3 is 1.24 bits per heavy atom. The van der Waals surface area contributed by atoms with Crippen molar-refractivity contribution in [3.8, 4) is 0 Å². The Labute approximate surface area is 107 Å². The number of rotatable bonds is 8. The maximum atomic E-state index is 5.35. The van der Waals surface area contributed by atoms with Crippen molar-refractivity contribution >= 4 is 0 Å². The molecule has 3 heteroatoms. The van der Waals surface area contributed by atoms with E-state index in [-0.39, 0.29) is 0 Å². The fraction of sp³-hybridized carbons (Fsp3) is 1.00. The van der Waals surface area contributed by atoms with Gasteiger partial charge in [0.25, 0.3) is 0 Å². The zero-order valence-electron chi connectivity index (χ0n) is 12.5. The Kier molecular flexibility index (Phi) is 8.01. The van der Waals surface area contributed by atoms with Crippen LogP contribution in [0.4, 0.5) is 0 Å². The Hall–Kier alpha value is -0.120. The van der Waals surface area contributed by atoms with E-state index < -0.39 is 0 Å². The highest BCUT2D eigenvalue weighted by Crippen LogP contribution is 2.18. The molecular weight excluding hydrogens is 216 g/mol. The smallest absolute Gasteiger partial charge is 0.149 e. The van der Waals surface area contributed by atoms with Gasteiger partial charge in [-0.2, -0.15) is 0 Å². The molecule has 104 valence electrons. The average Bonchev–Trinajstić information content (AvgIpc) is 2.11. The van der Waals surface area contributed by atoms with Crippen molar-refractivity contribution in [1.29, 1.82) is 0 Å². The van der Waals surface area contributed by atoms with E-state index in [0.717, 1.165) is 26.1 Å². The van der Waals surface area contributed by atoms with Crippen LogP contribution in [0.15, 0.2) is 0 Å². The predicted octanol–water partition coefficient (Wildman–Crippen LogP) is 3.82. The summed E-state index contributed by atoms with van der Waals surface area (Å²) in [5.74, 6) is 0. The molecule has 0 aromatic rings. The molecular formula is C14H30O3. The van der Waals surface area contributed by atoms with E-state index >= 15 is 0 Å². The molecule has 0 aromatic carbocycles. The van der Waals surface area contributed by atoms with Crippen LogP contribution in [-0.4, -0.2) is 26.8 Å². The number of hydrogen-bond donors (Lipinski definition) is 0. The molecule has 0 bridgehead atoms. The molecule has 0 unspecified atom stereocenters. The standard InChI is InChI=1S/C14H30O3/c1-13(2,3)7-9-15-11-17-12-16-10-8-14(4,5)6/h7-12H2,1-6H3. The topological polar surface area (TPSA) is 27.7 Å². The second kappa shape index (κ2) is 8.06. The van der Waals surface area contributed by atoms with E-state index in [1.54, 1.807) is 0 Å². The Morgan fingerprint density at radius 2 is 0.941 bits per heavy atom. The van der Waals surface area contributed by atoms with Crippen molar-refractivity contribution in [1.82, 2.24) is 0 Å². The molecule has 0 amide bonds. The highest BCUT2D eigenvalue weighted by atomic mass is 16.7. The minimum atomic E-state index is 0.323. The van der Waals surface area contributed by atoms with Crippen molar-refractivity contribution in [2.24, 2.45) is 10.8 Å². The lowest BCUT2D eigenvalue weighted by Gasteiger charge is -2.18. The molecule has 0 heterocycles. The zero-order valence-corrected chi connectivity index (χ0v) is 12.5. The quantitative estimate of drug-likeness (QED) is 0.481. The van der Waals surface area contributed by atoms with Crippen molar-refractivity contribution < 1.29 is 14.2 Å². The molecule has 0 spiro atoms. The van der Waals surface area contributed by atoms with Gasteiger partial charge in [-0.15, -0.1) is 0 Å². The molecule has 0 atom stereocenters. The minimum Gasteiger partial charge on any atom is -0.355 e. The average molecular weight is 246 g/mol. The lowest BCUT2D eigenvalue weighted by Crippen LogP contribution is -2.13. The summed E-state index contributed by atoms with van der Waals surface area (Å²) >= 11 is 0. The third-order valence-electron chi connectivity index (χ3n) is 2.33. The first-order chi connectivity index (χ1) is 7.71. The molecule has 0 N–H and O–H groups in total. The summed E-state index contributed by atoms with van der Waals surface area (Å²) < 4.78 is 15.9. The molecule has 0 saturated heterocycles. The molecule has 0 aromatic heterocycles. The summed E-state index contributed by atoms with van der Waals surface area (Å²) in [5, 5.41) is 0. The molecule has 0 saturated carbocycles. The highest BCUT2D eigenvalue weighted by Gasteiger charge is 2.10. The summed E-state index contributed by atoms with van der Waals surface area (Å²) in [6.45, 7) is 15.3. The first-order valence-electron chi connectivity index (χ1n) is 6.44. The lowest BCUT2D eigenvalue weighted by atomic mass is 9.93. The zero-order chi connectivity index (χ0) is 13.4. The fourth-order valence-corrected chi connectivity index (χ4v) is 1.03. The Balaban J connectivity index is 3.15. The molecule has 0 aliphatic heterocycles. The summed E-state index contributed by atoms with van der Waals surface area (Å²) in [4.78, 5) is 0. The first-order valence-corrected chi connectivity index (χ1v) is 6.44. The van der Waals surface area contributed by atoms with Crippen LogP contribution in [0.3, 0.4) is 0 Å². The van der Waals surface area contributed by atoms with Crippen molar-refractivity contribution in [3.63, 3.8) is 0 Å². The van der Waals surface area contributed by atoms with Crippen molar-refractivity contribution in [2.75, 3.05) is 26.8 Å². The van der Waals surface area contributed by atoms with Gasteiger partial charge in [0.2, 0.25) is 0 Å². The van der Waals surface area contributed by atoms with E-state index in [1.165, 1.54) is 0 Å². The molecule has 3 nitrogen and oxygen atoms in total. The highest BCUT2D eigenvalue weighted by molar-refractivity contribution is 4.60. The van der Waals surface area contributed by atoms with Gasteiger partial charge >= 0.3 is 0 Å². The number of ether oxygens (including phenoxy) is 3. The van der Waals surface area contributed by atoms with Crippen molar-refractivity contribution in [3.05, 3.63) is 0 Å². The van der Waals surface area contributed by atoms with Crippen LogP contribution in [0.5, 0.6) is 0 Å². The molecule has 0 aliphatic carbocycles. The Bertz CT molecular complexity index is 157. The Morgan fingerprint density at radius 1 is 0.588 bits per heavy atom. The van der Waals surface area contributed by atoms with E-state index in [2.05, 4.69) is 41.5 Å². The van der Waals surface area contributed by atoms with Crippen LogP contribution in [0.1, 0.15) is 54.4 Å². The molecule has 0 fully saturated rings. The summed E-state index contributed by atoms with van der Waals surface area (Å²) in [5.41, 5.74) is 0.645. The van der Waals surface area contributed by atoms with Gasteiger partial charge in [0.15, 0.2) is 0 Å². The number of hydrogen-bond acceptors (Lipinski definition) is 3. The van der Waals surface area contributed by atoms with Gasteiger partial charge in [-0.05, 0) is 23.7 Å². The van der Waals surface area contributed by atoms with Gasteiger partial charge in [0.05, 0.1) is 0 Å². The maximum absolute atomic E-state index is 5.35. The second-order valence-electron chi connectivity index (χ2n) is 6.88. The van der Waals surface area contributed by atoms with E-state index in [0.29, 0.717) is 24.4 Å².